The first-order valence-electron chi connectivity index (χ1n) is 20.0. The maximum Gasteiger partial charge on any atom is 0.297 e. The molecule has 8 aromatic rings. The van der Waals surface area contributed by atoms with Crippen molar-refractivity contribution < 1.29 is 79.8 Å². The third kappa shape index (κ3) is 11.3. The fourth-order valence-electron chi connectivity index (χ4n) is 7.02. The van der Waals surface area contributed by atoms with Crippen molar-refractivity contribution in [2.24, 2.45) is 30.7 Å². The number of aromatic nitrogens is 3. The molecule has 0 aliphatic heterocycles. The molecule has 0 saturated heterocycles. The number of fused-ring (bicyclic) bond motifs is 3. The van der Waals surface area contributed by atoms with Crippen molar-refractivity contribution in [2.75, 3.05) is 12.4 Å². The Morgan fingerprint density at radius 3 is 1.89 bits per heavy atom. The Morgan fingerprint density at radius 2 is 1.22 bits per heavy atom. The molecule has 8 rings (SSSR count). The molecule has 27 nitrogen and oxygen atoms in total. The molecule has 0 aliphatic rings. The number of aromatic hydroxyl groups is 2. The molecule has 0 radical (unpaired) electrons. The zero-order valence-corrected chi connectivity index (χ0v) is 41.3. The SMILES string of the molecule is Cc1cc(N=Nc2ccc3c(S(=O)(=O)O)c(N=Nc4cnn(-c5cc(S(=O)(=O)O)c6cc(S(=O)(=O)O)cc(S(=O)(=O)O)c6c5)c4O)ccc3c2O)c(OCCCS(=O)(=O)O)cc1N=Nc1nc2ccccc2s1. The van der Waals surface area contributed by atoms with Crippen LogP contribution in [0.2, 0.25) is 0 Å². The minimum Gasteiger partial charge on any atom is -0.505 e. The van der Waals surface area contributed by atoms with Gasteiger partial charge in [-0.15, -0.1) is 30.7 Å². The highest BCUT2D eigenvalue weighted by Gasteiger charge is 2.28. The number of phenolic OH excluding ortho intramolecular Hbond substituents is 1. The van der Waals surface area contributed by atoms with Crippen LogP contribution in [0.15, 0.2) is 141 Å². The summed E-state index contributed by atoms with van der Waals surface area (Å²) in [6.07, 6.45) is 0.679. The predicted octanol–water partition coefficient (Wildman–Crippen LogP) is 8.40. The average Bonchev–Trinajstić information content (AvgIpc) is 3.89. The lowest BCUT2D eigenvalue weighted by molar-refractivity contribution is 0.317. The van der Waals surface area contributed by atoms with Gasteiger partial charge < -0.3 is 14.9 Å². The van der Waals surface area contributed by atoms with Gasteiger partial charge in [0.1, 0.15) is 37.5 Å². The maximum absolute atomic E-state index is 12.9. The van der Waals surface area contributed by atoms with Gasteiger partial charge in [-0.25, -0.2) is 4.98 Å². The lowest BCUT2D eigenvalue weighted by atomic mass is 10.1. The summed E-state index contributed by atoms with van der Waals surface area (Å²) in [5.74, 6) is -2.21. The standard InChI is InChI=1S/C40H31N9O18S6/c1-20-13-31(33(67-11-4-12-69(52,53)54)18-30(20)45-48-40-42-27-5-2-3-6-34(27)68-40)46-43-28-9-8-24-23(37(28)50)7-10-29(38(24)73(64,65)66)44-47-32-19-41-49(39(32)51)21-14-25-26(35(15-21)71(58,59)60)16-22(70(55,56)57)17-36(25)72(61,62)63/h2-3,5-10,13-19,50-51H,4,11-12H2,1H3,(H,52,53,54)(H,55,56,57)(H,58,59,60)(H,61,62,63)(H,64,65,66). The van der Waals surface area contributed by atoms with Gasteiger partial charge in [-0.05, 0) is 79.6 Å². The summed E-state index contributed by atoms with van der Waals surface area (Å²) < 4.78 is 178. The number of benzene rings is 6. The second-order valence-electron chi connectivity index (χ2n) is 15.2. The van der Waals surface area contributed by atoms with E-state index in [1.807, 2.05) is 24.3 Å². The fraction of sp³-hybridized carbons (Fsp3) is 0.100. The lowest BCUT2D eigenvalue weighted by Crippen LogP contribution is -2.08. The van der Waals surface area contributed by atoms with E-state index in [4.69, 9.17) is 4.74 Å². The van der Waals surface area contributed by atoms with Crippen molar-refractivity contribution in [3.8, 4) is 23.1 Å². The zero-order valence-electron chi connectivity index (χ0n) is 36.4. The van der Waals surface area contributed by atoms with E-state index in [9.17, 15) is 75.1 Å². The van der Waals surface area contributed by atoms with Gasteiger partial charge in [0, 0.05) is 27.6 Å². The van der Waals surface area contributed by atoms with Gasteiger partial charge in [-0.1, -0.05) is 29.5 Å². The molecule has 7 N–H and O–H groups in total. The Bertz CT molecular complexity index is 4260. The Hall–Kier alpha value is -7.31. The topological polar surface area (TPSA) is 426 Å². The van der Waals surface area contributed by atoms with Crippen molar-refractivity contribution >= 4 is 127 Å². The van der Waals surface area contributed by atoms with Gasteiger partial charge in [0.15, 0.2) is 11.4 Å². The van der Waals surface area contributed by atoms with E-state index < -0.39 is 115 Å². The number of hydrogen-bond acceptors (Lipinski definition) is 22. The van der Waals surface area contributed by atoms with Crippen LogP contribution >= 0.6 is 11.3 Å². The highest BCUT2D eigenvalue weighted by atomic mass is 32.2. The molecule has 0 bridgehead atoms. The van der Waals surface area contributed by atoms with Gasteiger partial charge in [0.2, 0.25) is 11.0 Å². The normalized spacial score (nSPS) is 13.2. The summed E-state index contributed by atoms with van der Waals surface area (Å²) >= 11 is 1.30. The van der Waals surface area contributed by atoms with E-state index in [1.54, 1.807) is 6.92 Å². The molecule has 0 amide bonds. The zero-order chi connectivity index (χ0) is 53.0. The summed E-state index contributed by atoms with van der Waals surface area (Å²) in [5.41, 5.74) is -0.337. The molecule has 0 unspecified atom stereocenters. The molecule has 0 spiro atoms. The fourth-order valence-corrected chi connectivity index (χ4v) is 11.2. The van der Waals surface area contributed by atoms with Gasteiger partial charge in [-0.3, -0.25) is 22.8 Å². The van der Waals surface area contributed by atoms with Crippen molar-refractivity contribution in [1.82, 2.24) is 14.8 Å². The number of para-hydroxylation sites is 1. The van der Waals surface area contributed by atoms with Crippen molar-refractivity contribution in [2.45, 2.75) is 32.9 Å². The monoisotopic (exact) mass is 1120 g/mol. The van der Waals surface area contributed by atoms with Crippen LogP contribution in [0.1, 0.15) is 12.0 Å². The Labute approximate surface area is 415 Å². The summed E-state index contributed by atoms with van der Waals surface area (Å²) in [6, 6.07) is 17.0. The lowest BCUT2D eigenvalue weighted by Gasteiger charge is -2.13. The third-order valence-electron chi connectivity index (χ3n) is 10.3. The largest absolute Gasteiger partial charge is 0.505 e. The smallest absolute Gasteiger partial charge is 0.297 e. The molecular weight excluding hydrogens is 1090 g/mol. The molecule has 380 valence electrons. The van der Waals surface area contributed by atoms with Crippen LogP contribution in [0.4, 0.5) is 33.6 Å². The second kappa shape index (κ2) is 19.3. The number of thiazole rings is 1. The van der Waals surface area contributed by atoms with Gasteiger partial charge >= 0.3 is 0 Å². The minimum absolute atomic E-state index is 0.0340. The molecule has 0 atom stereocenters. The van der Waals surface area contributed by atoms with Crippen LogP contribution in [0, 0.1) is 6.92 Å². The number of nitrogens with zero attached hydrogens (tertiary/aromatic N) is 9. The predicted molar refractivity (Wildman–Crippen MR) is 257 cm³/mol. The van der Waals surface area contributed by atoms with Gasteiger partial charge in [0.25, 0.3) is 50.6 Å². The van der Waals surface area contributed by atoms with E-state index in [0.717, 1.165) is 40.7 Å². The highest BCUT2D eigenvalue weighted by molar-refractivity contribution is 7.87. The van der Waals surface area contributed by atoms with Crippen LogP contribution in [0.3, 0.4) is 0 Å². The van der Waals surface area contributed by atoms with Gasteiger partial charge in [-0.2, -0.15) is 51.9 Å². The van der Waals surface area contributed by atoms with E-state index in [1.165, 1.54) is 29.5 Å². The van der Waals surface area contributed by atoms with Crippen molar-refractivity contribution in [3.63, 3.8) is 0 Å². The second-order valence-corrected chi connectivity index (χ2v) is 23.4. The first-order chi connectivity index (χ1) is 34.1. The minimum atomic E-state index is -5.40. The molecule has 33 heteroatoms. The Kier molecular flexibility index (Phi) is 13.7. The van der Waals surface area contributed by atoms with Crippen LogP contribution in [0.25, 0.3) is 37.4 Å². The molecular formula is C40H31N9O18S6. The molecule has 6 aromatic carbocycles. The number of phenols is 1. The maximum atomic E-state index is 12.9. The first-order valence-corrected chi connectivity index (χ1v) is 28.2. The molecule has 2 heterocycles. The third-order valence-corrected chi connectivity index (χ3v) is 15.5. The number of hydrogen-bond donors (Lipinski definition) is 7. The summed E-state index contributed by atoms with van der Waals surface area (Å²) in [7, 11) is -25.5. The van der Waals surface area contributed by atoms with Crippen LogP contribution in [0.5, 0.6) is 17.4 Å². The highest BCUT2D eigenvalue weighted by Crippen LogP contribution is 2.44. The Balaban J connectivity index is 1.13. The van der Waals surface area contributed by atoms with Crippen molar-refractivity contribution in [1.29, 1.82) is 0 Å². The van der Waals surface area contributed by atoms with Crippen molar-refractivity contribution in [3.05, 3.63) is 96.7 Å². The first kappa shape index (κ1) is 52.0. The van der Waals surface area contributed by atoms with E-state index in [-0.39, 0.29) is 40.9 Å². The number of rotatable bonds is 16. The van der Waals surface area contributed by atoms with Crippen LogP contribution in [-0.4, -0.2) is 102 Å². The summed E-state index contributed by atoms with van der Waals surface area (Å²) in [4.78, 5) is -0.0811. The average molecular weight is 1120 g/mol. The summed E-state index contributed by atoms with van der Waals surface area (Å²) in [5, 5.41) is 49.1. The number of azo groups is 3. The van der Waals surface area contributed by atoms with Crippen LogP contribution < -0.4 is 4.74 Å². The van der Waals surface area contributed by atoms with E-state index >= 15 is 0 Å². The van der Waals surface area contributed by atoms with E-state index in [2.05, 4.69) is 40.8 Å². The molecule has 0 fully saturated rings. The molecule has 0 saturated carbocycles. The molecule has 73 heavy (non-hydrogen) atoms. The van der Waals surface area contributed by atoms with Crippen LogP contribution in [-0.2, 0) is 50.6 Å². The molecule has 2 aromatic heterocycles. The number of aryl methyl sites for hydroxylation is 1. The summed E-state index contributed by atoms with van der Waals surface area (Å²) in [6.45, 7) is 1.46. The Morgan fingerprint density at radius 1 is 0.603 bits per heavy atom. The quantitative estimate of drug-likeness (QED) is 0.0271. The van der Waals surface area contributed by atoms with E-state index in [0.29, 0.717) is 39.3 Å². The van der Waals surface area contributed by atoms with Gasteiger partial charge in [0.05, 0.1) is 45.0 Å². The molecule has 0 aliphatic carbocycles. The number of ether oxygens (including phenoxy) is 1.